The van der Waals surface area contributed by atoms with Crippen LogP contribution < -0.4 is 20.3 Å². The van der Waals surface area contributed by atoms with Gasteiger partial charge in [0.1, 0.15) is 28.5 Å². The van der Waals surface area contributed by atoms with Crippen LogP contribution in [0.1, 0.15) is 15.9 Å². The van der Waals surface area contributed by atoms with E-state index in [-0.39, 0.29) is 11.4 Å². The Kier molecular flexibility index (Phi) is 4.38. The Hall–Kier alpha value is -3.35. The predicted octanol–water partition coefficient (Wildman–Crippen LogP) is 2.58. The number of carbonyl (C=O) groups excluding carboxylic acids is 1. The number of methoxy groups -OCH3 is 2. The van der Waals surface area contributed by atoms with Crippen molar-refractivity contribution in [1.29, 1.82) is 0 Å². The lowest BCUT2D eigenvalue weighted by atomic mass is 10.2. The Morgan fingerprint density at radius 1 is 1.20 bits per heavy atom. The van der Waals surface area contributed by atoms with Gasteiger partial charge in [-0.2, -0.15) is 0 Å². The number of pyridine rings is 1. The third-order valence-corrected chi connectivity index (χ3v) is 3.86. The molecule has 0 fully saturated rings. The first kappa shape index (κ1) is 16.5. The molecule has 25 heavy (non-hydrogen) atoms. The van der Waals surface area contributed by atoms with Crippen molar-refractivity contribution in [1.82, 2.24) is 9.38 Å². The van der Waals surface area contributed by atoms with Gasteiger partial charge in [0.05, 0.1) is 19.9 Å². The van der Waals surface area contributed by atoms with Crippen molar-refractivity contribution in [2.24, 2.45) is 0 Å². The number of hydrogen-bond acceptors (Lipinski definition) is 6. The average molecular weight is 339 g/mol. The summed E-state index contributed by atoms with van der Waals surface area (Å²) in [6.45, 7) is 1.85. The molecule has 0 saturated carbocycles. The maximum atomic E-state index is 12.6. The summed E-state index contributed by atoms with van der Waals surface area (Å²) in [6, 6.07) is 8.75. The van der Waals surface area contributed by atoms with Crippen molar-refractivity contribution in [3.05, 3.63) is 58.0 Å². The van der Waals surface area contributed by atoms with E-state index in [1.807, 2.05) is 13.0 Å². The Bertz CT molecular complexity index is 1010. The highest BCUT2D eigenvalue weighted by Crippen LogP contribution is 2.31. The van der Waals surface area contributed by atoms with Crippen LogP contribution in [0.5, 0.6) is 11.5 Å². The van der Waals surface area contributed by atoms with E-state index in [2.05, 4.69) is 10.3 Å². The van der Waals surface area contributed by atoms with E-state index in [9.17, 15) is 9.59 Å². The summed E-state index contributed by atoms with van der Waals surface area (Å²) in [5, 5.41) is 3.02. The van der Waals surface area contributed by atoms with Gasteiger partial charge >= 0.3 is 0 Å². The second-order valence-electron chi connectivity index (χ2n) is 5.37. The number of nitrogens with one attached hydrogen (secondary N) is 1. The van der Waals surface area contributed by atoms with Crippen LogP contribution in [-0.4, -0.2) is 29.9 Å². The quantitative estimate of drug-likeness (QED) is 0.720. The number of nitrogens with zero attached hydrogens (tertiary/aromatic N) is 2. The van der Waals surface area contributed by atoms with Crippen LogP contribution in [0.3, 0.4) is 0 Å². The van der Waals surface area contributed by atoms with Crippen molar-refractivity contribution in [3.63, 3.8) is 0 Å². The zero-order valence-corrected chi connectivity index (χ0v) is 14.1. The molecular formula is C18H17N3O4. The summed E-state index contributed by atoms with van der Waals surface area (Å²) in [5.41, 5.74) is 1.33. The van der Waals surface area contributed by atoms with Crippen molar-refractivity contribution in [2.75, 3.05) is 19.5 Å². The van der Waals surface area contributed by atoms with E-state index in [0.29, 0.717) is 29.1 Å². The van der Waals surface area contributed by atoms with E-state index in [0.717, 1.165) is 5.56 Å². The normalized spacial score (nSPS) is 10.5. The van der Waals surface area contributed by atoms with Gasteiger partial charge in [0.2, 0.25) is 0 Å². The predicted molar refractivity (Wildman–Crippen MR) is 94.4 cm³/mol. The molecule has 3 aromatic rings. The fourth-order valence-corrected chi connectivity index (χ4v) is 2.55. The molecule has 0 saturated heterocycles. The van der Waals surface area contributed by atoms with Gasteiger partial charge in [-0.1, -0.05) is 6.07 Å². The van der Waals surface area contributed by atoms with Gasteiger partial charge in [-0.3, -0.25) is 14.0 Å². The second-order valence-corrected chi connectivity index (χ2v) is 5.37. The highest BCUT2D eigenvalue weighted by molar-refractivity contribution is 5.85. The van der Waals surface area contributed by atoms with Gasteiger partial charge < -0.3 is 14.8 Å². The molecule has 0 aliphatic rings. The number of hydrogen-bond donors (Lipinski definition) is 1. The van der Waals surface area contributed by atoms with Crippen molar-refractivity contribution in [3.8, 4) is 11.5 Å². The summed E-state index contributed by atoms with van der Waals surface area (Å²) in [5.74, 6) is 1.30. The molecule has 0 amide bonds. The minimum absolute atomic E-state index is 0.0621. The van der Waals surface area contributed by atoms with Crippen molar-refractivity contribution >= 4 is 23.4 Å². The number of benzene rings is 1. The zero-order valence-electron chi connectivity index (χ0n) is 14.1. The van der Waals surface area contributed by atoms with E-state index in [1.54, 1.807) is 37.6 Å². The molecular weight excluding hydrogens is 322 g/mol. The lowest BCUT2D eigenvalue weighted by molar-refractivity contribution is 0.112. The molecule has 7 heteroatoms. The molecule has 0 spiro atoms. The highest BCUT2D eigenvalue weighted by atomic mass is 16.5. The number of aromatic nitrogens is 2. The summed E-state index contributed by atoms with van der Waals surface area (Å²) >= 11 is 0. The fraction of sp³-hybridized carbons (Fsp3) is 0.167. The summed E-state index contributed by atoms with van der Waals surface area (Å²) in [6.07, 6.45) is 2.08. The van der Waals surface area contributed by atoms with Crippen LogP contribution in [-0.2, 0) is 0 Å². The molecule has 128 valence electrons. The van der Waals surface area contributed by atoms with Crippen LogP contribution in [0.2, 0.25) is 0 Å². The topological polar surface area (TPSA) is 81.9 Å². The Morgan fingerprint density at radius 3 is 2.68 bits per heavy atom. The van der Waals surface area contributed by atoms with Gasteiger partial charge in [0, 0.05) is 12.3 Å². The first-order valence-corrected chi connectivity index (χ1v) is 7.55. The van der Waals surface area contributed by atoms with Gasteiger partial charge in [-0.05, 0) is 30.7 Å². The van der Waals surface area contributed by atoms with Crippen LogP contribution in [0.25, 0.3) is 5.65 Å². The van der Waals surface area contributed by atoms with Crippen molar-refractivity contribution < 1.29 is 14.3 Å². The molecule has 7 nitrogen and oxygen atoms in total. The number of fused-ring (bicyclic) bond motifs is 1. The molecule has 0 aliphatic carbocycles. The molecule has 1 N–H and O–H groups in total. The minimum atomic E-state index is -0.437. The number of carbonyl (C=O) groups is 1. The Labute approximate surface area is 143 Å². The SMILES string of the molecule is COc1ccc(OC)c(Nc2nc3c(C)cccn3c(=O)c2C=O)c1. The maximum Gasteiger partial charge on any atom is 0.270 e. The zero-order chi connectivity index (χ0) is 18.0. The van der Waals surface area contributed by atoms with Gasteiger partial charge in [0.15, 0.2) is 6.29 Å². The molecule has 2 aromatic heterocycles. The lowest BCUT2D eigenvalue weighted by Gasteiger charge is -2.14. The standard InChI is InChI=1S/C18H17N3O4/c1-11-5-4-8-21-17(11)20-16(13(10-22)18(21)23)19-14-9-12(24-2)6-7-15(14)25-3/h4-10,19H,1-3H3. The molecule has 3 rings (SSSR count). The molecule has 0 unspecified atom stereocenters. The molecule has 0 bridgehead atoms. The summed E-state index contributed by atoms with van der Waals surface area (Å²) in [7, 11) is 3.08. The van der Waals surface area contributed by atoms with Crippen LogP contribution in [0.4, 0.5) is 11.5 Å². The minimum Gasteiger partial charge on any atom is -0.497 e. The molecule has 0 radical (unpaired) electrons. The van der Waals surface area contributed by atoms with E-state index in [1.165, 1.54) is 11.5 Å². The van der Waals surface area contributed by atoms with Gasteiger partial charge in [-0.25, -0.2) is 4.98 Å². The summed E-state index contributed by atoms with van der Waals surface area (Å²) in [4.78, 5) is 28.5. The number of ether oxygens (including phenoxy) is 2. The van der Waals surface area contributed by atoms with E-state index < -0.39 is 5.56 Å². The number of aldehydes is 1. The van der Waals surface area contributed by atoms with E-state index >= 15 is 0 Å². The van der Waals surface area contributed by atoms with Crippen LogP contribution in [0, 0.1) is 6.92 Å². The molecule has 2 heterocycles. The number of rotatable bonds is 5. The summed E-state index contributed by atoms with van der Waals surface area (Å²) < 4.78 is 11.9. The first-order chi connectivity index (χ1) is 12.1. The molecule has 1 aromatic carbocycles. The van der Waals surface area contributed by atoms with Gasteiger partial charge in [-0.15, -0.1) is 0 Å². The van der Waals surface area contributed by atoms with Crippen molar-refractivity contribution in [2.45, 2.75) is 6.92 Å². The van der Waals surface area contributed by atoms with Crippen LogP contribution >= 0.6 is 0 Å². The van der Waals surface area contributed by atoms with E-state index in [4.69, 9.17) is 9.47 Å². The Morgan fingerprint density at radius 2 is 2.00 bits per heavy atom. The fourth-order valence-electron chi connectivity index (χ4n) is 2.55. The van der Waals surface area contributed by atoms with Gasteiger partial charge in [0.25, 0.3) is 5.56 Å². The second kappa shape index (κ2) is 6.64. The highest BCUT2D eigenvalue weighted by Gasteiger charge is 2.15. The first-order valence-electron chi connectivity index (χ1n) is 7.55. The number of anilines is 2. The third-order valence-electron chi connectivity index (χ3n) is 3.86. The molecule has 0 atom stereocenters. The maximum absolute atomic E-state index is 12.6. The average Bonchev–Trinajstić information content (AvgIpc) is 2.63. The number of aryl methyl sites for hydroxylation is 1. The largest absolute Gasteiger partial charge is 0.497 e. The van der Waals surface area contributed by atoms with Crippen LogP contribution in [0.15, 0.2) is 41.3 Å². The monoisotopic (exact) mass is 339 g/mol. The lowest BCUT2D eigenvalue weighted by Crippen LogP contribution is -2.22. The third kappa shape index (κ3) is 2.91. The smallest absolute Gasteiger partial charge is 0.270 e. The molecule has 0 aliphatic heterocycles. The Balaban J connectivity index is 2.21.